The summed E-state index contributed by atoms with van der Waals surface area (Å²) in [6, 6.07) is 3.32. The molecule has 0 radical (unpaired) electrons. The van der Waals surface area contributed by atoms with E-state index in [1.807, 2.05) is 6.92 Å². The lowest BCUT2D eigenvalue weighted by atomic mass is 10.2. The Kier molecular flexibility index (Phi) is 3.61. The number of carbonyl (C=O) groups excluding carboxylic acids is 1. The summed E-state index contributed by atoms with van der Waals surface area (Å²) in [5, 5.41) is 6.69. The van der Waals surface area contributed by atoms with Gasteiger partial charge < -0.3 is 20.5 Å². The molecule has 0 spiro atoms. The zero-order valence-electron chi connectivity index (χ0n) is 11.4. The summed E-state index contributed by atoms with van der Waals surface area (Å²) in [5.41, 5.74) is 7.52. The Morgan fingerprint density at radius 1 is 1.38 bits per heavy atom. The van der Waals surface area contributed by atoms with Gasteiger partial charge in [-0.25, -0.2) is 0 Å². The van der Waals surface area contributed by atoms with Gasteiger partial charge >= 0.3 is 0 Å². The number of hydrogen-bond donors (Lipinski definition) is 2. The molecule has 2 heterocycles. The van der Waals surface area contributed by atoms with Crippen molar-refractivity contribution in [1.82, 2.24) is 9.59 Å². The van der Waals surface area contributed by atoms with Crippen LogP contribution in [0.15, 0.2) is 12.1 Å². The van der Waals surface area contributed by atoms with Crippen LogP contribution in [-0.4, -0.2) is 28.7 Å². The highest BCUT2D eigenvalue weighted by molar-refractivity contribution is 7.08. The summed E-state index contributed by atoms with van der Waals surface area (Å²) in [4.78, 5) is 12.8. The van der Waals surface area contributed by atoms with Gasteiger partial charge in [-0.2, -0.15) is 0 Å². The van der Waals surface area contributed by atoms with E-state index in [0.29, 0.717) is 53.1 Å². The van der Waals surface area contributed by atoms with Crippen LogP contribution in [0.25, 0.3) is 0 Å². The molecular formula is C13H14N4O3S. The lowest BCUT2D eigenvalue weighted by Crippen LogP contribution is -2.17. The van der Waals surface area contributed by atoms with Crippen LogP contribution in [0.3, 0.4) is 0 Å². The Bertz CT molecular complexity index is 686. The first-order valence-electron chi connectivity index (χ1n) is 6.50. The Morgan fingerprint density at radius 3 is 2.81 bits per heavy atom. The number of hydrogen-bond acceptors (Lipinski definition) is 7. The van der Waals surface area contributed by atoms with E-state index in [1.54, 1.807) is 12.1 Å². The molecule has 0 atom stereocenters. The first-order valence-corrected chi connectivity index (χ1v) is 7.28. The van der Waals surface area contributed by atoms with Gasteiger partial charge in [-0.3, -0.25) is 4.79 Å². The summed E-state index contributed by atoms with van der Waals surface area (Å²) in [6.07, 6.45) is 0.649. The monoisotopic (exact) mass is 306 g/mol. The van der Waals surface area contributed by atoms with E-state index in [0.717, 1.165) is 11.5 Å². The lowest BCUT2D eigenvalue weighted by molar-refractivity contribution is 0.102. The number of nitrogens with zero attached hydrogens (tertiary/aromatic N) is 2. The molecule has 1 aliphatic heterocycles. The molecule has 2 aromatic rings. The minimum absolute atomic E-state index is 0.273. The lowest BCUT2D eigenvalue weighted by Gasteiger charge is -2.20. The Morgan fingerprint density at radius 2 is 2.10 bits per heavy atom. The van der Waals surface area contributed by atoms with Crippen molar-refractivity contribution in [3.63, 3.8) is 0 Å². The van der Waals surface area contributed by atoms with Gasteiger partial charge in [-0.05, 0) is 18.0 Å². The van der Waals surface area contributed by atoms with Crippen molar-refractivity contribution < 1.29 is 14.3 Å². The van der Waals surface area contributed by atoms with Crippen molar-refractivity contribution in [3.8, 4) is 11.5 Å². The van der Waals surface area contributed by atoms with Gasteiger partial charge in [-0.15, -0.1) is 5.10 Å². The summed E-state index contributed by atoms with van der Waals surface area (Å²) in [7, 11) is 0. The van der Waals surface area contributed by atoms with Crippen LogP contribution < -0.4 is 20.5 Å². The molecule has 0 saturated heterocycles. The van der Waals surface area contributed by atoms with E-state index in [2.05, 4.69) is 14.9 Å². The van der Waals surface area contributed by atoms with Crippen LogP contribution >= 0.6 is 11.5 Å². The fraction of sp³-hybridized carbons (Fsp3) is 0.308. The predicted octanol–water partition coefficient (Wildman–Crippen LogP) is 1.71. The topological polar surface area (TPSA) is 99.4 Å². The number of aromatic nitrogens is 2. The number of nitrogens with two attached hydrogens (primary N) is 1. The van der Waals surface area contributed by atoms with Crippen LogP contribution in [0.4, 0.5) is 11.4 Å². The van der Waals surface area contributed by atoms with E-state index in [-0.39, 0.29) is 5.91 Å². The molecule has 0 saturated carbocycles. The van der Waals surface area contributed by atoms with Crippen LogP contribution in [-0.2, 0) is 6.42 Å². The summed E-state index contributed by atoms with van der Waals surface area (Å²) < 4.78 is 14.7. The molecule has 1 amide bonds. The molecule has 1 aromatic heterocycles. The van der Waals surface area contributed by atoms with Crippen molar-refractivity contribution in [2.24, 2.45) is 0 Å². The van der Waals surface area contributed by atoms with E-state index in [9.17, 15) is 4.79 Å². The molecule has 3 rings (SSSR count). The largest absolute Gasteiger partial charge is 0.486 e. The highest BCUT2D eigenvalue weighted by atomic mass is 32.1. The van der Waals surface area contributed by atoms with E-state index in [1.165, 1.54) is 0 Å². The normalized spacial score (nSPS) is 13.0. The number of ether oxygens (including phenoxy) is 2. The molecular weight excluding hydrogens is 292 g/mol. The van der Waals surface area contributed by atoms with Gasteiger partial charge in [0.2, 0.25) is 0 Å². The van der Waals surface area contributed by atoms with Gasteiger partial charge in [-0.1, -0.05) is 11.4 Å². The fourth-order valence-corrected chi connectivity index (χ4v) is 2.65. The molecule has 8 heteroatoms. The minimum Gasteiger partial charge on any atom is -0.486 e. The molecule has 7 nitrogen and oxygen atoms in total. The molecule has 21 heavy (non-hydrogen) atoms. The smallest absolute Gasteiger partial charge is 0.269 e. The van der Waals surface area contributed by atoms with Crippen LogP contribution in [0, 0.1) is 0 Å². The van der Waals surface area contributed by atoms with Gasteiger partial charge in [0.05, 0.1) is 17.1 Å². The second-order valence-corrected chi connectivity index (χ2v) is 5.19. The first kappa shape index (κ1) is 13.6. The Hall–Kier alpha value is -2.35. The third-order valence-corrected chi connectivity index (χ3v) is 3.83. The van der Waals surface area contributed by atoms with Crippen molar-refractivity contribution in [1.29, 1.82) is 0 Å². The maximum absolute atomic E-state index is 12.3. The molecule has 3 N–H and O–H groups in total. The van der Waals surface area contributed by atoms with E-state index < -0.39 is 0 Å². The number of aryl methyl sites for hydroxylation is 1. The van der Waals surface area contributed by atoms with Crippen molar-refractivity contribution in [2.45, 2.75) is 13.3 Å². The Labute approximate surface area is 125 Å². The highest BCUT2D eigenvalue weighted by Crippen LogP contribution is 2.37. The molecule has 0 unspecified atom stereocenters. The molecule has 1 aliphatic rings. The van der Waals surface area contributed by atoms with E-state index >= 15 is 0 Å². The average molecular weight is 306 g/mol. The number of nitrogen functional groups attached to an aromatic ring is 1. The van der Waals surface area contributed by atoms with Crippen molar-refractivity contribution in [3.05, 3.63) is 22.7 Å². The fourth-order valence-electron chi connectivity index (χ4n) is 2.00. The number of nitrogens with one attached hydrogen (secondary N) is 1. The average Bonchev–Trinajstić information content (AvgIpc) is 2.96. The molecule has 110 valence electrons. The number of amides is 1. The maximum atomic E-state index is 12.3. The van der Waals surface area contributed by atoms with Gasteiger partial charge in [0, 0.05) is 12.1 Å². The van der Waals surface area contributed by atoms with Gasteiger partial charge in [0.15, 0.2) is 11.5 Å². The van der Waals surface area contributed by atoms with Crippen molar-refractivity contribution >= 4 is 28.8 Å². The summed E-state index contributed by atoms with van der Waals surface area (Å²) in [6.45, 7) is 2.89. The Balaban J connectivity index is 1.86. The third kappa shape index (κ3) is 2.62. The molecule has 0 bridgehead atoms. The summed E-state index contributed by atoms with van der Waals surface area (Å²) in [5.74, 6) is 0.888. The zero-order valence-corrected chi connectivity index (χ0v) is 12.2. The maximum Gasteiger partial charge on any atom is 0.269 e. The second-order valence-electron chi connectivity index (χ2n) is 4.44. The van der Waals surface area contributed by atoms with Crippen molar-refractivity contribution in [2.75, 3.05) is 24.3 Å². The van der Waals surface area contributed by atoms with Gasteiger partial charge in [0.1, 0.15) is 18.1 Å². The quantitative estimate of drug-likeness (QED) is 0.837. The minimum atomic E-state index is -0.273. The zero-order chi connectivity index (χ0) is 14.8. The van der Waals surface area contributed by atoms with E-state index in [4.69, 9.17) is 15.2 Å². The second kappa shape index (κ2) is 5.57. The number of rotatable bonds is 3. The van der Waals surface area contributed by atoms with Crippen LogP contribution in [0.1, 0.15) is 22.3 Å². The summed E-state index contributed by atoms with van der Waals surface area (Å²) >= 11 is 1.07. The van der Waals surface area contributed by atoms with Crippen LogP contribution in [0.5, 0.6) is 11.5 Å². The number of anilines is 2. The molecule has 0 aliphatic carbocycles. The predicted molar refractivity (Wildman–Crippen MR) is 79.1 cm³/mol. The first-order chi connectivity index (χ1) is 10.2. The SMILES string of the molecule is CCc1nnsc1C(=O)Nc1cc2c(cc1N)OCCO2. The number of benzene rings is 1. The van der Waals surface area contributed by atoms with Crippen LogP contribution in [0.2, 0.25) is 0 Å². The molecule has 0 fully saturated rings. The highest BCUT2D eigenvalue weighted by Gasteiger charge is 2.19. The molecule has 1 aromatic carbocycles. The third-order valence-electron chi connectivity index (χ3n) is 3.06. The standard InChI is InChI=1S/C13H14N4O3S/c1-2-8-12(21-17-16-8)13(18)15-9-6-11-10(5-7(9)14)19-3-4-20-11/h5-6H,2-4,14H2,1H3,(H,15,18). The number of fused-ring (bicyclic) bond motifs is 1. The number of carbonyl (C=O) groups is 1. The van der Waals surface area contributed by atoms with Gasteiger partial charge in [0.25, 0.3) is 5.91 Å².